The fourth-order valence-electron chi connectivity index (χ4n) is 11.7. The molecule has 9 rings (SSSR count). The molecule has 3 saturated heterocycles. The predicted molar refractivity (Wildman–Crippen MR) is 250 cm³/mol. The second-order valence-corrected chi connectivity index (χ2v) is 20.3. The van der Waals surface area contributed by atoms with Crippen molar-refractivity contribution in [3.63, 3.8) is 0 Å². The van der Waals surface area contributed by atoms with Crippen LogP contribution in [0.1, 0.15) is 90.0 Å². The first-order valence-electron chi connectivity index (χ1n) is 23.3. The van der Waals surface area contributed by atoms with Gasteiger partial charge < -0.3 is 24.8 Å². The molecule has 15 nitrogen and oxygen atoms in total. The molecular formula is C51H58FN9O6. The number of imide groups is 2. The van der Waals surface area contributed by atoms with Crippen molar-refractivity contribution in [1.82, 2.24) is 30.3 Å². The van der Waals surface area contributed by atoms with Gasteiger partial charge in [0.2, 0.25) is 11.8 Å². The zero-order chi connectivity index (χ0) is 47.5. The maximum absolute atomic E-state index is 15.9. The van der Waals surface area contributed by atoms with Gasteiger partial charge in [-0.05, 0) is 99.9 Å². The van der Waals surface area contributed by atoms with E-state index >= 15 is 4.39 Å². The Morgan fingerprint density at radius 3 is 2.37 bits per heavy atom. The number of carbonyl (C=O) groups is 5. The molecule has 350 valence electrons. The largest absolute Gasteiger partial charge is 0.488 e. The number of pyridine rings is 1. The van der Waals surface area contributed by atoms with E-state index in [1.54, 1.807) is 42.6 Å². The number of halogens is 1. The topological polar surface area (TPSA) is 172 Å². The van der Waals surface area contributed by atoms with E-state index in [1.807, 2.05) is 18.2 Å². The highest BCUT2D eigenvalue weighted by Gasteiger charge is 2.64. The van der Waals surface area contributed by atoms with Crippen LogP contribution < -0.4 is 25.2 Å². The maximum atomic E-state index is 15.9. The van der Waals surface area contributed by atoms with Gasteiger partial charge in [0.25, 0.3) is 17.7 Å². The SMILES string of the molecule is CN(C)C[C@@H]1CN(c2ccc3c(c2)C(=O)N([C@@H]2CCC(=O)NC2=O)C3=O)CCN1CC1CCN(c2ccc(C(=O)NC3C(C)(C)C(Oc4ccc(C#N)c5ncccc45)C3(C)C)cc2F)CC1. The standard InChI is InChI=1S/C51H58FN9O6/c1-50(2)48(51(3,4)49(50)67-41-15-10-32(26-53)43-36(41)8-7-19-54-43)56-44(63)31-9-13-39(38(52)24-31)58-20-17-30(18-21-58)27-59-22-23-60(29-34(59)28-57(5)6)33-11-12-35-37(25-33)47(66)61(46(35)65)40-14-16-42(62)55-45(40)64/h7-13,15,19,24-25,30,34,40,48-49H,14,16-18,20-23,27-29H2,1-6H3,(H,56,63)(H,55,62,64)/t34-,40-,48?,49?/m1/s1. The highest BCUT2D eigenvalue weighted by atomic mass is 19.1. The van der Waals surface area contributed by atoms with Crippen LogP contribution in [0.2, 0.25) is 0 Å². The molecule has 3 aromatic carbocycles. The summed E-state index contributed by atoms with van der Waals surface area (Å²) in [7, 11) is 4.12. The fourth-order valence-corrected chi connectivity index (χ4v) is 11.7. The Balaban J connectivity index is 0.791. The molecule has 0 radical (unpaired) electrons. The molecule has 4 fully saturated rings. The summed E-state index contributed by atoms with van der Waals surface area (Å²) in [5.74, 6) is -1.79. The number of aromatic nitrogens is 1. The smallest absolute Gasteiger partial charge is 0.262 e. The van der Waals surface area contributed by atoms with E-state index < -0.39 is 46.3 Å². The zero-order valence-electron chi connectivity index (χ0n) is 39.0. The van der Waals surface area contributed by atoms with E-state index in [1.165, 1.54) is 6.07 Å². The summed E-state index contributed by atoms with van der Waals surface area (Å²) >= 11 is 0. The van der Waals surface area contributed by atoms with Crippen molar-refractivity contribution in [2.24, 2.45) is 16.7 Å². The summed E-state index contributed by atoms with van der Waals surface area (Å²) in [5.41, 5.74) is 2.25. The molecule has 0 bridgehead atoms. The number of piperazine rings is 1. The molecular weight excluding hydrogens is 854 g/mol. The van der Waals surface area contributed by atoms with Gasteiger partial charge >= 0.3 is 0 Å². The molecule has 16 heteroatoms. The molecule has 5 aliphatic rings. The minimum atomic E-state index is -1.01. The van der Waals surface area contributed by atoms with E-state index in [-0.39, 0.29) is 53.6 Å². The minimum Gasteiger partial charge on any atom is -0.488 e. The van der Waals surface area contributed by atoms with Gasteiger partial charge in [-0.3, -0.25) is 44.1 Å². The van der Waals surface area contributed by atoms with Crippen molar-refractivity contribution in [3.8, 4) is 11.8 Å². The predicted octanol–water partition coefficient (Wildman–Crippen LogP) is 5.23. The third-order valence-corrected chi connectivity index (χ3v) is 14.8. The molecule has 1 aliphatic carbocycles. The highest BCUT2D eigenvalue weighted by Crippen LogP contribution is 2.56. The van der Waals surface area contributed by atoms with Crippen molar-refractivity contribution in [2.75, 3.05) is 69.7 Å². The number of anilines is 2. The van der Waals surface area contributed by atoms with Gasteiger partial charge in [0.1, 0.15) is 29.8 Å². The number of hydrogen-bond donors (Lipinski definition) is 2. The van der Waals surface area contributed by atoms with Crippen molar-refractivity contribution in [1.29, 1.82) is 5.26 Å². The van der Waals surface area contributed by atoms with Gasteiger partial charge in [-0.2, -0.15) is 5.26 Å². The van der Waals surface area contributed by atoms with Crippen LogP contribution in [0.5, 0.6) is 5.75 Å². The Bertz CT molecular complexity index is 2690. The normalized spacial score (nSPS) is 24.1. The molecule has 67 heavy (non-hydrogen) atoms. The Morgan fingerprint density at radius 1 is 0.925 bits per heavy atom. The van der Waals surface area contributed by atoms with Crippen LogP contribution in [-0.4, -0.2) is 133 Å². The molecule has 5 heterocycles. The lowest BCUT2D eigenvalue weighted by Crippen LogP contribution is -2.74. The first-order valence-corrected chi connectivity index (χ1v) is 23.3. The first kappa shape index (κ1) is 45.7. The number of nitriles is 1. The molecule has 5 amide bonds. The number of rotatable bonds is 11. The van der Waals surface area contributed by atoms with Gasteiger partial charge in [-0.1, -0.05) is 27.7 Å². The number of benzene rings is 3. The number of likely N-dealkylation sites (N-methyl/N-ethyl adjacent to an activating group) is 1. The second kappa shape index (κ2) is 17.7. The van der Waals surface area contributed by atoms with Crippen LogP contribution in [-0.2, 0) is 9.59 Å². The molecule has 0 spiro atoms. The minimum absolute atomic E-state index is 0.0681. The quantitative estimate of drug-likeness (QED) is 0.188. The average Bonchev–Trinajstić information content (AvgIpc) is 3.55. The van der Waals surface area contributed by atoms with Crippen molar-refractivity contribution in [3.05, 3.63) is 94.9 Å². The van der Waals surface area contributed by atoms with Crippen molar-refractivity contribution in [2.45, 2.75) is 77.6 Å². The third kappa shape index (κ3) is 8.37. The lowest BCUT2D eigenvalue weighted by atomic mass is 9.49. The van der Waals surface area contributed by atoms with Crippen LogP contribution in [0, 0.1) is 33.9 Å². The Morgan fingerprint density at radius 2 is 1.67 bits per heavy atom. The van der Waals surface area contributed by atoms with Gasteiger partial charge in [0.15, 0.2) is 0 Å². The van der Waals surface area contributed by atoms with E-state index in [2.05, 4.69) is 83.1 Å². The van der Waals surface area contributed by atoms with Crippen LogP contribution in [0.4, 0.5) is 15.8 Å². The van der Waals surface area contributed by atoms with Gasteiger partial charge in [0, 0.05) is 98.0 Å². The number of fused-ring (bicyclic) bond motifs is 2. The summed E-state index contributed by atoms with van der Waals surface area (Å²) in [6.07, 6.45) is 3.35. The van der Waals surface area contributed by atoms with Gasteiger partial charge in [-0.25, -0.2) is 4.39 Å². The van der Waals surface area contributed by atoms with E-state index in [0.717, 1.165) is 61.5 Å². The van der Waals surface area contributed by atoms with E-state index in [0.29, 0.717) is 41.5 Å². The molecule has 2 atom stereocenters. The number of nitrogens with one attached hydrogen (secondary N) is 2. The monoisotopic (exact) mass is 911 g/mol. The molecule has 4 aromatic rings. The van der Waals surface area contributed by atoms with Crippen LogP contribution in [0.3, 0.4) is 0 Å². The summed E-state index contributed by atoms with van der Waals surface area (Å²) in [5, 5.41) is 15.8. The summed E-state index contributed by atoms with van der Waals surface area (Å²) in [6.45, 7) is 13.6. The number of amides is 5. The molecule has 1 aromatic heterocycles. The Hall–Kier alpha value is -6.44. The van der Waals surface area contributed by atoms with Crippen LogP contribution >= 0.6 is 0 Å². The Labute approximate surface area is 390 Å². The number of ether oxygens (including phenoxy) is 1. The fraction of sp³-hybridized carbons (Fsp3) is 0.471. The lowest BCUT2D eigenvalue weighted by Gasteiger charge is -2.63. The second-order valence-electron chi connectivity index (χ2n) is 20.3. The van der Waals surface area contributed by atoms with E-state index in [4.69, 9.17) is 4.74 Å². The lowest BCUT2D eigenvalue weighted by molar-refractivity contribution is -0.163. The maximum Gasteiger partial charge on any atom is 0.262 e. The molecule has 2 N–H and O–H groups in total. The van der Waals surface area contributed by atoms with Gasteiger partial charge in [-0.15, -0.1) is 0 Å². The molecule has 4 aliphatic heterocycles. The Kier molecular flexibility index (Phi) is 12.0. The third-order valence-electron chi connectivity index (χ3n) is 14.8. The van der Waals surface area contributed by atoms with Crippen molar-refractivity contribution < 1.29 is 33.1 Å². The first-order chi connectivity index (χ1) is 32.0. The zero-order valence-corrected chi connectivity index (χ0v) is 39.0. The summed E-state index contributed by atoms with van der Waals surface area (Å²) in [6, 6.07) is 18.4. The van der Waals surface area contributed by atoms with Crippen LogP contribution in [0.25, 0.3) is 10.9 Å². The van der Waals surface area contributed by atoms with E-state index in [9.17, 15) is 29.2 Å². The number of carbonyl (C=O) groups excluding carboxylic acids is 5. The summed E-state index contributed by atoms with van der Waals surface area (Å²) in [4.78, 5) is 79.4. The van der Waals surface area contributed by atoms with Crippen LogP contribution in [0.15, 0.2) is 66.9 Å². The number of hydrogen-bond acceptors (Lipinski definition) is 12. The van der Waals surface area contributed by atoms with Crippen molar-refractivity contribution >= 4 is 51.8 Å². The average molecular weight is 912 g/mol. The molecule has 0 unspecified atom stereocenters. The molecule has 1 saturated carbocycles. The highest BCUT2D eigenvalue weighted by molar-refractivity contribution is 6.23. The number of piperidine rings is 2. The van der Waals surface area contributed by atoms with Gasteiger partial charge in [0.05, 0.1) is 27.9 Å². The number of nitrogens with zero attached hydrogens (tertiary/aromatic N) is 7. The summed E-state index contributed by atoms with van der Waals surface area (Å²) < 4.78 is 22.6.